The molecule has 1 heterocycles. The molecular formula is C27H37N3O3. The third kappa shape index (κ3) is 5.28. The first-order valence-corrected chi connectivity index (χ1v) is 11.9. The van der Waals surface area contributed by atoms with Crippen molar-refractivity contribution in [2.45, 2.75) is 83.5 Å². The third-order valence-corrected chi connectivity index (χ3v) is 6.97. The monoisotopic (exact) mass is 451 g/mol. The average Bonchev–Trinajstić information content (AvgIpc) is 2.80. The number of nitrogens with zero attached hydrogens (tertiary/aromatic N) is 1. The van der Waals surface area contributed by atoms with Crippen molar-refractivity contribution in [3.8, 4) is 0 Å². The molecule has 2 aromatic rings. The number of amides is 2. The fourth-order valence-corrected chi connectivity index (χ4v) is 5.23. The van der Waals surface area contributed by atoms with Crippen LogP contribution in [0.5, 0.6) is 0 Å². The molecule has 0 saturated carbocycles. The van der Waals surface area contributed by atoms with Crippen molar-refractivity contribution in [1.29, 1.82) is 0 Å². The quantitative estimate of drug-likeness (QED) is 0.591. The number of primary amides is 1. The van der Waals surface area contributed by atoms with E-state index < -0.39 is 5.91 Å². The van der Waals surface area contributed by atoms with Gasteiger partial charge in [0.15, 0.2) is 0 Å². The highest BCUT2D eigenvalue weighted by Crippen LogP contribution is 2.44. The topological polar surface area (TPSA) is 84.7 Å². The number of carbonyl (C=O) groups excluding carboxylic acids is 2. The minimum absolute atomic E-state index is 0.0554. The molecule has 1 fully saturated rings. The SMILES string of the molecule is CCC1(CC)CC(NC(=O)c2ccccc2C(N)=O)CC(C)(C)N1OC(C)c1ccccc1. The van der Waals surface area contributed by atoms with Crippen LogP contribution < -0.4 is 11.1 Å². The van der Waals surface area contributed by atoms with E-state index in [2.05, 4.69) is 57.1 Å². The smallest absolute Gasteiger partial charge is 0.252 e. The lowest BCUT2D eigenvalue weighted by molar-refractivity contribution is -0.316. The van der Waals surface area contributed by atoms with Gasteiger partial charge in [-0.25, -0.2) is 0 Å². The highest BCUT2D eigenvalue weighted by Gasteiger charge is 2.50. The van der Waals surface area contributed by atoms with Crippen LogP contribution in [-0.2, 0) is 4.84 Å². The van der Waals surface area contributed by atoms with Gasteiger partial charge in [-0.15, -0.1) is 0 Å². The molecule has 6 nitrogen and oxygen atoms in total. The van der Waals surface area contributed by atoms with Gasteiger partial charge < -0.3 is 11.1 Å². The van der Waals surface area contributed by atoms with Crippen LogP contribution in [0.4, 0.5) is 0 Å². The molecule has 0 aliphatic carbocycles. The largest absolute Gasteiger partial charge is 0.366 e. The molecule has 2 amide bonds. The zero-order valence-electron chi connectivity index (χ0n) is 20.4. The van der Waals surface area contributed by atoms with Crippen molar-refractivity contribution >= 4 is 11.8 Å². The summed E-state index contributed by atoms with van der Waals surface area (Å²) in [6.45, 7) is 10.8. The van der Waals surface area contributed by atoms with E-state index in [-0.39, 0.29) is 34.7 Å². The van der Waals surface area contributed by atoms with Gasteiger partial charge >= 0.3 is 0 Å². The molecule has 2 atom stereocenters. The second-order valence-electron chi connectivity index (χ2n) is 9.69. The summed E-state index contributed by atoms with van der Waals surface area (Å²) >= 11 is 0. The van der Waals surface area contributed by atoms with E-state index in [1.54, 1.807) is 24.3 Å². The van der Waals surface area contributed by atoms with E-state index in [0.717, 1.165) is 31.2 Å². The summed E-state index contributed by atoms with van der Waals surface area (Å²) in [5.74, 6) is -0.867. The van der Waals surface area contributed by atoms with E-state index in [1.165, 1.54) is 0 Å². The summed E-state index contributed by atoms with van der Waals surface area (Å²) in [6.07, 6.45) is 3.17. The molecule has 0 radical (unpaired) electrons. The first-order valence-electron chi connectivity index (χ1n) is 11.9. The van der Waals surface area contributed by atoms with Gasteiger partial charge in [0, 0.05) is 17.1 Å². The van der Waals surface area contributed by atoms with Crippen LogP contribution in [0.2, 0.25) is 0 Å². The lowest BCUT2D eigenvalue weighted by Gasteiger charge is -2.57. The number of carbonyl (C=O) groups is 2. The van der Waals surface area contributed by atoms with Crippen LogP contribution in [0.25, 0.3) is 0 Å². The molecule has 2 aromatic carbocycles. The number of nitrogens with two attached hydrogens (primary N) is 1. The average molecular weight is 452 g/mol. The van der Waals surface area contributed by atoms with E-state index in [4.69, 9.17) is 10.6 Å². The number of benzene rings is 2. The van der Waals surface area contributed by atoms with Crippen molar-refractivity contribution in [3.05, 3.63) is 71.3 Å². The second kappa shape index (κ2) is 10.1. The highest BCUT2D eigenvalue weighted by atomic mass is 16.7. The van der Waals surface area contributed by atoms with Crippen molar-refractivity contribution in [3.63, 3.8) is 0 Å². The fourth-order valence-electron chi connectivity index (χ4n) is 5.23. The molecule has 0 spiro atoms. The van der Waals surface area contributed by atoms with Crippen LogP contribution >= 0.6 is 0 Å². The summed E-state index contributed by atoms with van der Waals surface area (Å²) in [6, 6.07) is 16.9. The molecule has 1 saturated heterocycles. The number of hydroxylamine groups is 2. The summed E-state index contributed by atoms with van der Waals surface area (Å²) in [5, 5.41) is 5.38. The first-order chi connectivity index (χ1) is 15.6. The Hall–Kier alpha value is -2.70. The maximum atomic E-state index is 13.1. The van der Waals surface area contributed by atoms with Gasteiger partial charge in [0.25, 0.3) is 5.91 Å². The molecule has 178 valence electrons. The number of nitrogens with one attached hydrogen (secondary N) is 1. The number of piperidine rings is 1. The molecule has 0 aromatic heterocycles. The predicted molar refractivity (Wildman–Crippen MR) is 131 cm³/mol. The van der Waals surface area contributed by atoms with Gasteiger partial charge in [0.1, 0.15) is 6.10 Å². The summed E-state index contributed by atoms with van der Waals surface area (Å²) in [5.41, 5.74) is 6.63. The standard InChI is InChI=1S/C27H37N3O3/c1-6-27(7-2)18-21(29-25(32)23-16-12-11-15-22(23)24(28)31)17-26(4,5)30(27)33-19(3)20-13-9-8-10-14-20/h8-16,19,21H,6-7,17-18H2,1-5H3,(H2,28,31)(H,29,32). The maximum Gasteiger partial charge on any atom is 0.252 e. The Bertz CT molecular complexity index is 970. The highest BCUT2D eigenvalue weighted by molar-refractivity contribution is 6.06. The Morgan fingerprint density at radius 2 is 1.61 bits per heavy atom. The predicted octanol–water partition coefficient (Wildman–Crippen LogP) is 5.01. The molecule has 0 bridgehead atoms. The molecule has 1 aliphatic heterocycles. The van der Waals surface area contributed by atoms with E-state index in [9.17, 15) is 9.59 Å². The molecule has 3 N–H and O–H groups in total. The summed E-state index contributed by atoms with van der Waals surface area (Å²) < 4.78 is 0. The van der Waals surface area contributed by atoms with Gasteiger partial charge in [0.2, 0.25) is 5.91 Å². The van der Waals surface area contributed by atoms with E-state index in [1.807, 2.05) is 18.2 Å². The molecular weight excluding hydrogens is 414 g/mol. The Morgan fingerprint density at radius 1 is 1.03 bits per heavy atom. The molecule has 3 rings (SSSR count). The van der Waals surface area contributed by atoms with Gasteiger partial charge in [-0.2, -0.15) is 5.06 Å². The van der Waals surface area contributed by atoms with Crippen molar-refractivity contribution < 1.29 is 14.4 Å². The maximum absolute atomic E-state index is 13.1. The van der Waals surface area contributed by atoms with Gasteiger partial charge in [-0.1, -0.05) is 56.3 Å². The first kappa shape index (κ1) is 24.9. The van der Waals surface area contributed by atoms with Crippen LogP contribution in [0.1, 0.15) is 92.7 Å². The van der Waals surface area contributed by atoms with E-state index in [0.29, 0.717) is 5.56 Å². The Balaban J connectivity index is 1.84. The molecule has 33 heavy (non-hydrogen) atoms. The van der Waals surface area contributed by atoms with Gasteiger partial charge in [-0.05, 0) is 64.2 Å². The van der Waals surface area contributed by atoms with Gasteiger partial charge in [-0.3, -0.25) is 14.4 Å². The van der Waals surface area contributed by atoms with Crippen molar-refractivity contribution in [2.75, 3.05) is 0 Å². The van der Waals surface area contributed by atoms with Crippen LogP contribution in [0.3, 0.4) is 0 Å². The number of rotatable bonds is 8. The second-order valence-corrected chi connectivity index (χ2v) is 9.69. The Morgan fingerprint density at radius 3 is 2.18 bits per heavy atom. The third-order valence-electron chi connectivity index (χ3n) is 6.97. The van der Waals surface area contributed by atoms with Crippen LogP contribution in [0, 0.1) is 0 Å². The number of hydrogen-bond acceptors (Lipinski definition) is 4. The van der Waals surface area contributed by atoms with Crippen LogP contribution in [0.15, 0.2) is 54.6 Å². The minimum atomic E-state index is -0.601. The molecule has 2 unspecified atom stereocenters. The Kier molecular flexibility index (Phi) is 7.60. The van der Waals surface area contributed by atoms with Crippen molar-refractivity contribution in [1.82, 2.24) is 10.4 Å². The minimum Gasteiger partial charge on any atom is -0.366 e. The lowest BCUT2D eigenvalue weighted by Crippen LogP contribution is -2.66. The van der Waals surface area contributed by atoms with E-state index >= 15 is 0 Å². The molecule has 1 aliphatic rings. The van der Waals surface area contributed by atoms with Crippen LogP contribution in [-0.4, -0.2) is 34.0 Å². The molecule has 6 heteroatoms. The zero-order valence-corrected chi connectivity index (χ0v) is 20.4. The Labute approximate surface area is 197 Å². The van der Waals surface area contributed by atoms with Gasteiger partial charge in [0.05, 0.1) is 11.1 Å². The number of hydrogen-bond donors (Lipinski definition) is 2. The fraction of sp³-hybridized carbons (Fsp3) is 0.481. The lowest BCUT2D eigenvalue weighted by atomic mass is 9.74. The zero-order chi connectivity index (χ0) is 24.2. The van der Waals surface area contributed by atoms with Crippen molar-refractivity contribution in [2.24, 2.45) is 5.73 Å². The summed E-state index contributed by atoms with van der Waals surface area (Å²) in [7, 11) is 0. The summed E-state index contributed by atoms with van der Waals surface area (Å²) in [4.78, 5) is 31.6. The normalized spacial score (nSPS) is 20.7.